The number of ether oxygens (including phenoxy) is 1. The Balaban J connectivity index is 2.18. The predicted octanol–water partition coefficient (Wildman–Crippen LogP) is 1.37. The van der Waals surface area contributed by atoms with Gasteiger partial charge in [0.25, 0.3) is 0 Å². The number of hydrogen-bond donors (Lipinski definition) is 1. The van der Waals surface area contributed by atoms with Crippen LogP contribution in [0.1, 0.15) is 24.9 Å². The van der Waals surface area contributed by atoms with E-state index in [2.05, 4.69) is 23.4 Å². The molecule has 0 radical (unpaired) electrons. The summed E-state index contributed by atoms with van der Waals surface area (Å²) in [6, 6.07) is 0.159. The minimum atomic E-state index is 0.159. The fraction of sp³-hybridized carbons (Fsp3) is 0.545. The van der Waals surface area contributed by atoms with Gasteiger partial charge in [0.1, 0.15) is 5.76 Å². The lowest BCUT2D eigenvalue weighted by Gasteiger charge is -2.17. The van der Waals surface area contributed by atoms with Gasteiger partial charge in [-0.2, -0.15) is 5.10 Å². The molecule has 0 saturated carbocycles. The van der Waals surface area contributed by atoms with Gasteiger partial charge in [0, 0.05) is 25.2 Å². The van der Waals surface area contributed by atoms with Gasteiger partial charge in [0.2, 0.25) is 0 Å². The van der Waals surface area contributed by atoms with Crippen LogP contribution in [0, 0.1) is 0 Å². The summed E-state index contributed by atoms with van der Waals surface area (Å²) in [5.74, 6) is 1.03. The standard InChI is InChI=1S/C11H17N3O/c1-3-12-11(10-5-4-6-15-10)9-7-13-14(2)8-9/h5,7-8,11-12H,3-4,6H2,1-2H3. The summed E-state index contributed by atoms with van der Waals surface area (Å²) in [6.07, 6.45) is 7.07. The van der Waals surface area contributed by atoms with E-state index in [1.54, 1.807) is 0 Å². The molecule has 1 aliphatic heterocycles. The van der Waals surface area contributed by atoms with E-state index in [4.69, 9.17) is 4.74 Å². The quantitative estimate of drug-likeness (QED) is 0.810. The molecule has 0 saturated heterocycles. The summed E-state index contributed by atoms with van der Waals surface area (Å²) < 4.78 is 7.41. The Kier molecular flexibility index (Phi) is 3.06. The van der Waals surface area contributed by atoms with Crippen molar-refractivity contribution >= 4 is 0 Å². The van der Waals surface area contributed by atoms with Crippen LogP contribution in [0.2, 0.25) is 0 Å². The molecule has 2 rings (SSSR count). The van der Waals surface area contributed by atoms with Gasteiger partial charge in [-0.1, -0.05) is 6.92 Å². The topological polar surface area (TPSA) is 39.1 Å². The average Bonchev–Trinajstić information content (AvgIpc) is 2.85. The smallest absolute Gasteiger partial charge is 0.114 e. The van der Waals surface area contributed by atoms with Crippen molar-refractivity contribution in [2.75, 3.05) is 13.2 Å². The summed E-state index contributed by atoms with van der Waals surface area (Å²) >= 11 is 0. The fourth-order valence-corrected chi connectivity index (χ4v) is 1.81. The molecule has 1 atom stereocenters. The van der Waals surface area contributed by atoms with Gasteiger partial charge < -0.3 is 10.1 Å². The van der Waals surface area contributed by atoms with E-state index < -0.39 is 0 Å². The van der Waals surface area contributed by atoms with Gasteiger partial charge in [-0.3, -0.25) is 4.68 Å². The summed E-state index contributed by atoms with van der Waals surface area (Å²) in [5, 5.41) is 7.59. The zero-order valence-electron chi connectivity index (χ0n) is 9.23. The average molecular weight is 207 g/mol. The number of aryl methyl sites for hydroxylation is 1. The van der Waals surface area contributed by atoms with E-state index in [0.29, 0.717) is 0 Å². The lowest BCUT2D eigenvalue weighted by molar-refractivity contribution is 0.216. The second-order valence-corrected chi connectivity index (χ2v) is 3.68. The first kappa shape index (κ1) is 10.2. The van der Waals surface area contributed by atoms with Crippen LogP contribution in [-0.4, -0.2) is 22.9 Å². The minimum Gasteiger partial charge on any atom is -0.496 e. The van der Waals surface area contributed by atoms with Crippen molar-refractivity contribution in [2.45, 2.75) is 19.4 Å². The SMILES string of the molecule is CCNC(C1=CCCO1)c1cnn(C)c1. The Morgan fingerprint density at radius 1 is 1.67 bits per heavy atom. The van der Waals surface area contributed by atoms with E-state index in [0.717, 1.165) is 30.9 Å². The summed E-state index contributed by atoms with van der Waals surface area (Å²) in [4.78, 5) is 0. The van der Waals surface area contributed by atoms with Crippen molar-refractivity contribution < 1.29 is 4.74 Å². The molecule has 1 aromatic heterocycles. The molecular weight excluding hydrogens is 190 g/mol. The van der Waals surface area contributed by atoms with E-state index in [-0.39, 0.29) is 6.04 Å². The summed E-state index contributed by atoms with van der Waals surface area (Å²) in [6.45, 7) is 3.82. The number of nitrogens with one attached hydrogen (secondary N) is 1. The van der Waals surface area contributed by atoms with Crippen molar-refractivity contribution in [3.8, 4) is 0 Å². The largest absolute Gasteiger partial charge is 0.496 e. The first-order valence-corrected chi connectivity index (χ1v) is 5.36. The second-order valence-electron chi connectivity index (χ2n) is 3.68. The van der Waals surface area contributed by atoms with Gasteiger partial charge in [-0.25, -0.2) is 0 Å². The third kappa shape index (κ3) is 2.21. The van der Waals surface area contributed by atoms with Crippen LogP contribution in [0.5, 0.6) is 0 Å². The number of rotatable bonds is 4. The van der Waals surface area contributed by atoms with Crippen molar-refractivity contribution in [3.63, 3.8) is 0 Å². The zero-order valence-corrected chi connectivity index (χ0v) is 9.23. The molecule has 1 unspecified atom stereocenters. The van der Waals surface area contributed by atoms with Gasteiger partial charge in [-0.15, -0.1) is 0 Å². The second kappa shape index (κ2) is 4.49. The van der Waals surface area contributed by atoms with Crippen LogP contribution >= 0.6 is 0 Å². The van der Waals surface area contributed by atoms with Crippen LogP contribution in [0.3, 0.4) is 0 Å². The van der Waals surface area contributed by atoms with Crippen LogP contribution in [-0.2, 0) is 11.8 Å². The number of nitrogens with zero attached hydrogens (tertiary/aromatic N) is 2. The molecule has 0 bridgehead atoms. The molecule has 82 valence electrons. The van der Waals surface area contributed by atoms with Crippen molar-refractivity contribution in [1.82, 2.24) is 15.1 Å². The molecule has 0 amide bonds. The highest BCUT2D eigenvalue weighted by atomic mass is 16.5. The van der Waals surface area contributed by atoms with Crippen molar-refractivity contribution in [1.29, 1.82) is 0 Å². The normalized spacial score (nSPS) is 17.3. The molecule has 15 heavy (non-hydrogen) atoms. The number of likely N-dealkylation sites (N-methyl/N-ethyl adjacent to an activating group) is 1. The summed E-state index contributed by atoms with van der Waals surface area (Å²) in [7, 11) is 1.93. The molecule has 1 aliphatic rings. The molecule has 0 aliphatic carbocycles. The van der Waals surface area contributed by atoms with E-state index in [9.17, 15) is 0 Å². The lowest BCUT2D eigenvalue weighted by atomic mass is 10.1. The molecule has 4 heteroatoms. The Bertz CT molecular complexity index is 356. The molecule has 1 N–H and O–H groups in total. The Morgan fingerprint density at radius 3 is 3.07 bits per heavy atom. The highest BCUT2D eigenvalue weighted by Gasteiger charge is 2.20. The third-order valence-corrected chi connectivity index (χ3v) is 2.48. The van der Waals surface area contributed by atoms with Gasteiger partial charge >= 0.3 is 0 Å². The third-order valence-electron chi connectivity index (χ3n) is 2.48. The molecule has 4 nitrogen and oxygen atoms in total. The lowest BCUT2D eigenvalue weighted by Crippen LogP contribution is -2.22. The molecular formula is C11H17N3O. The molecule has 1 aromatic rings. The van der Waals surface area contributed by atoms with E-state index in [1.165, 1.54) is 0 Å². The van der Waals surface area contributed by atoms with Crippen LogP contribution in [0.15, 0.2) is 24.2 Å². The van der Waals surface area contributed by atoms with Crippen LogP contribution in [0.25, 0.3) is 0 Å². The molecule has 2 heterocycles. The monoisotopic (exact) mass is 207 g/mol. The first-order chi connectivity index (χ1) is 7.31. The number of aromatic nitrogens is 2. The molecule has 0 fully saturated rings. The van der Waals surface area contributed by atoms with E-state index >= 15 is 0 Å². The Morgan fingerprint density at radius 2 is 2.53 bits per heavy atom. The predicted molar refractivity (Wildman–Crippen MR) is 58.3 cm³/mol. The Hall–Kier alpha value is -1.29. The Labute approximate surface area is 89.9 Å². The molecule has 0 spiro atoms. The first-order valence-electron chi connectivity index (χ1n) is 5.36. The zero-order chi connectivity index (χ0) is 10.7. The van der Waals surface area contributed by atoms with Crippen molar-refractivity contribution in [3.05, 3.63) is 29.8 Å². The fourth-order valence-electron chi connectivity index (χ4n) is 1.81. The number of hydrogen-bond acceptors (Lipinski definition) is 3. The van der Waals surface area contributed by atoms with E-state index in [1.807, 2.05) is 24.1 Å². The van der Waals surface area contributed by atoms with Gasteiger partial charge in [-0.05, 0) is 12.6 Å². The highest BCUT2D eigenvalue weighted by Crippen LogP contribution is 2.25. The minimum absolute atomic E-state index is 0.159. The highest BCUT2D eigenvalue weighted by molar-refractivity contribution is 5.22. The van der Waals surface area contributed by atoms with Gasteiger partial charge in [0.15, 0.2) is 0 Å². The maximum Gasteiger partial charge on any atom is 0.114 e. The summed E-state index contributed by atoms with van der Waals surface area (Å²) in [5.41, 5.74) is 1.16. The van der Waals surface area contributed by atoms with Crippen LogP contribution in [0.4, 0.5) is 0 Å². The van der Waals surface area contributed by atoms with Crippen molar-refractivity contribution in [2.24, 2.45) is 7.05 Å². The maximum atomic E-state index is 5.59. The maximum absolute atomic E-state index is 5.59. The molecule has 0 aromatic carbocycles. The van der Waals surface area contributed by atoms with Gasteiger partial charge in [0.05, 0.1) is 18.8 Å². The van der Waals surface area contributed by atoms with Crippen LogP contribution < -0.4 is 5.32 Å².